The number of hydrogen-bond donors (Lipinski definition) is 1. The van der Waals surface area contributed by atoms with Gasteiger partial charge in [0.05, 0.1) is 11.5 Å². The summed E-state index contributed by atoms with van der Waals surface area (Å²) in [6.07, 6.45) is 5.70. The van der Waals surface area contributed by atoms with Gasteiger partial charge in [0.1, 0.15) is 5.60 Å². The van der Waals surface area contributed by atoms with Crippen molar-refractivity contribution in [1.82, 2.24) is 5.01 Å². The van der Waals surface area contributed by atoms with Gasteiger partial charge in [0.15, 0.2) is 0 Å². The molecule has 0 aromatic rings. The summed E-state index contributed by atoms with van der Waals surface area (Å²) in [4.78, 5) is 12.5. The standard InChI is InChI=1S/C14H24N2O2/c1-10-8-7-9-11(14(10,5)18-6)12(17)16(15)13(2,3)4/h7-9,11H,15H2,1-6H3. The molecule has 102 valence electrons. The van der Waals surface area contributed by atoms with Gasteiger partial charge in [-0.1, -0.05) is 18.2 Å². The van der Waals surface area contributed by atoms with E-state index in [1.807, 2.05) is 52.8 Å². The molecule has 1 amide bonds. The molecule has 2 atom stereocenters. The predicted octanol–water partition coefficient (Wildman–Crippen LogP) is 2.02. The number of methoxy groups -OCH3 is 1. The van der Waals surface area contributed by atoms with Gasteiger partial charge in [0, 0.05) is 7.11 Å². The number of nitrogens with zero attached hydrogens (tertiary/aromatic N) is 1. The van der Waals surface area contributed by atoms with Crippen molar-refractivity contribution in [3.8, 4) is 0 Å². The second-order valence-electron chi connectivity index (χ2n) is 5.90. The highest BCUT2D eigenvalue weighted by Crippen LogP contribution is 2.35. The number of nitrogens with two attached hydrogens (primary N) is 1. The van der Waals surface area contributed by atoms with E-state index in [1.54, 1.807) is 7.11 Å². The minimum Gasteiger partial charge on any atom is -0.373 e. The highest BCUT2D eigenvalue weighted by molar-refractivity contribution is 5.83. The van der Waals surface area contributed by atoms with E-state index in [1.165, 1.54) is 5.01 Å². The Bertz CT molecular complexity index is 393. The van der Waals surface area contributed by atoms with Crippen LogP contribution < -0.4 is 5.84 Å². The van der Waals surface area contributed by atoms with Crippen LogP contribution in [0.4, 0.5) is 0 Å². The predicted molar refractivity (Wildman–Crippen MR) is 72.6 cm³/mol. The monoisotopic (exact) mass is 252 g/mol. The first-order valence-corrected chi connectivity index (χ1v) is 6.14. The maximum absolute atomic E-state index is 12.5. The third-order valence-electron chi connectivity index (χ3n) is 3.68. The molecule has 0 saturated heterocycles. The second kappa shape index (κ2) is 4.86. The molecule has 1 rings (SSSR count). The minimum absolute atomic E-state index is 0.129. The topological polar surface area (TPSA) is 55.6 Å². The lowest BCUT2D eigenvalue weighted by Crippen LogP contribution is -2.57. The number of rotatable bonds is 2. The fourth-order valence-corrected chi connectivity index (χ4v) is 1.99. The SMILES string of the molecule is COC1(C)C(C)=CC=CC1C(=O)N(N)C(C)(C)C. The highest BCUT2D eigenvalue weighted by Gasteiger charge is 2.43. The summed E-state index contributed by atoms with van der Waals surface area (Å²) in [6, 6.07) is 0. The summed E-state index contributed by atoms with van der Waals surface area (Å²) >= 11 is 0. The van der Waals surface area contributed by atoms with E-state index < -0.39 is 17.1 Å². The van der Waals surface area contributed by atoms with Crippen molar-refractivity contribution in [3.05, 3.63) is 23.8 Å². The minimum atomic E-state index is -0.630. The molecule has 0 saturated carbocycles. The fraction of sp³-hybridized carbons (Fsp3) is 0.643. The summed E-state index contributed by atoms with van der Waals surface area (Å²) in [5.41, 5.74) is -0.0169. The van der Waals surface area contributed by atoms with Crippen LogP contribution in [-0.4, -0.2) is 29.2 Å². The molecule has 4 heteroatoms. The summed E-state index contributed by atoms with van der Waals surface area (Å²) in [5.74, 6) is 5.40. The molecule has 18 heavy (non-hydrogen) atoms. The number of allylic oxidation sites excluding steroid dienone is 2. The Morgan fingerprint density at radius 2 is 2.06 bits per heavy atom. The van der Waals surface area contributed by atoms with Gasteiger partial charge in [-0.2, -0.15) is 0 Å². The van der Waals surface area contributed by atoms with Crippen LogP contribution in [0.2, 0.25) is 0 Å². The van der Waals surface area contributed by atoms with E-state index in [9.17, 15) is 4.79 Å². The Morgan fingerprint density at radius 1 is 1.50 bits per heavy atom. The number of amides is 1. The Morgan fingerprint density at radius 3 is 2.50 bits per heavy atom. The Balaban J connectivity index is 3.06. The molecule has 0 spiro atoms. The average molecular weight is 252 g/mol. The lowest BCUT2D eigenvalue weighted by atomic mass is 9.78. The van der Waals surface area contributed by atoms with Gasteiger partial charge in [0.2, 0.25) is 5.91 Å². The Kier molecular flexibility index (Phi) is 4.03. The second-order valence-corrected chi connectivity index (χ2v) is 5.90. The van der Waals surface area contributed by atoms with Gasteiger partial charge in [-0.25, -0.2) is 5.84 Å². The summed E-state index contributed by atoms with van der Waals surface area (Å²) in [5, 5.41) is 1.29. The lowest BCUT2D eigenvalue weighted by Gasteiger charge is -2.41. The summed E-state index contributed by atoms with van der Waals surface area (Å²) in [6.45, 7) is 9.60. The molecule has 2 unspecified atom stereocenters. The molecule has 1 aliphatic carbocycles. The number of hydrogen-bond acceptors (Lipinski definition) is 3. The molecule has 0 radical (unpaired) electrons. The third-order valence-corrected chi connectivity index (χ3v) is 3.68. The van der Waals surface area contributed by atoms with Crippen molar-refractivity contribution in [2.75, 3.05) is 7.11 Å². The first-order chi connectivity index (χ1) is 8.14. The first-order valence-electron chi connectivity index (χ1n) is 6.14. The largest absolute Gasteiger partial charge is 0.373 e. The van der Waals surface area contributed by atoms with E-state index in [0.717, 1.165) is 5.57 Å². The van der Waals surface area contributed by atoms with Crippen molar-refractivity contribution in [3.63, 3.8) is 0 Å². The van der Waals surface area contributed by atoms with Crippen LogP contribution in [-0.2, 0) is 9.53 Å². The van der Waals surface area contributed by atoms with Crippen LogP contribution in [0.15, 0.2) is 23.8 Å². The maximum atomic E-state index is 12.5. The lowest BCUT2D eigenvalue weighted by molar-refractivity contribution is -0.146. The van der Waals surface area contributed by atoms with E-state index >= 15 is 0 Å². The quantitative estimate of drug-likeness (QED) is 0.465. The van der Waals surface area contributed by atoms with Gasteiger partial charge < -0.3 is 4.74 Å². The van der Waals surface area contributed by atoms with Crippen molar-refractivity contribution in [2.24, 2.45) is 11.8 Å². The smallest absolute Gasteiger partial charge is 0.247 e. The molecule has 0 bridgehead atoms. The van der Waals surface area contributed by atoms with Crippen LogP contribution in [0.1, 0.15) is 34.6 Å². The fourth-order valence-electron chi connectivity index (χ4n) is 1.99. The molecule has 0 aliphatic heterocycles. The maximum Gasteiger partial charge on any atom is 0.247 e. The molecule has 2 N–H and O–H groups in total. The Hall–Kier alpha value is -1.13. The van der Waals surface area contributed by atoms with Gasteiger partial charge in [-0.05, 0) is 40.2 Å². The Labute approximate surface area is 109 Å². The van der Waals surface area contributed by atoms with E-state index in [-0.39, 0.29) is 5.91 Å². The zero-order valence-electron chi connectivity index (χ0n) is 12.2. The molecular weight excluding hydrogens is 228 g/mol. The van der Waals surface area contributed by atoms with Gasteiger partial charge in [-0.3, -0.25) is 9.80 Å². The molecule has 0 aromatic carbocycles. The number of ether oxygens (including phenoxy) is 1. The van der Waals surface area contributed by atoms with Crippen LogP contribution in [0.25, 0.3) is 0 Å². The molecule has 0 heterocycles. The molecular formula is C14H24N2O2. The molecule has 4 nitrogen and oxygen atoms in total. The molecule has 0 aromatic heterocycles. The number of carbonyl (C=O) groups excluding carboxylic acids is 1. The van der Waals surface area contributed by atoms with Crippen molar-refractivity contribution < 1.29 is 9.53 Å². The van der Waals surface area contributed by atoms with Gasteiger partial charge in [-0.15, -0.1) is 0 Å². The zero-order chi connectivity index (χ0) is 14.1. The van der Waals surface area contributed by atoms with Crippen LogP contribution in [0.3, 0.4) is 0 Å². The normalized spacial score (nSPS) is 27.9. The molecule has 1 aliphatic rings. The number of hydrazine groups is 1. The van der Waals surface area contributed by atoms with Crippen molar-refractivity contribution in [1.29, 1.82) is 0 Å². The van der Waals surface area contributed by atoms with Gasteiger partial charge >= 0.3 is 0 Å². The van der Waals surface area contributed by atoms with Crippen molar-refractivity contribution in [2.45, 2.75) is 45.8 Å². The van der Waals surface area contributed by atoms with Gasteiger partial charge in [0.25, 0.3) is 0 Å². The van der Waals surface area contributed by atoms with Crippen LogP contribution >= 0.6 is 0 Å². The van der Waals surface area contributed by atoms with Crippen molar-refractivity contribution >= 4 is 5.91 Å². The first kappa shape index (κ1) is 14.9. The van der Waals surface area contributed by atoms with Crippen LogP contribution in [0, 0.1) is 5.92 Å². The van der Waals surface area contributed by atoms with E-state index in [0.29, 0.717) is 0 Å². The van der Waals surface area contributed by atoms with E-state index in [2.05, 4.69) is 0 Å². The average Bonchev–Trinajstić information content (AvgIpc) is 2.29. The third kappa shape index (κ3) is 2.49. The highest BCUT2D eigenvalue weighted by atomic mass is 16.5. The summed E-state index contributed by atoms with van der Waals surface area (Å²) < 4.78 is 5.56. The molecule has 0 fully saturated rings. The van der Waals surface area contributed by atoms with Crippen LogP contribution in [0.5, 0.6) is 0 Å². The zero-order valence-corrected chi connectivity index (χ0v) is 12.2. The number of carbonyl (C=O) groups is 1. The van der Waals surface area contributed by atoms with E-state index in [4.69, 9.17) is 10.6 Å². The summed E-state index contributed by atoms with van der Waals surface area (Å²) in [7, 11) is 1.62.